The highest BCUT2D eigenvalue weighted by molar-refractivity contribution is 14.1. The van der Waals surface area contributed by atoms with Gasteiger partial charge in [-0.05, 0) is 72.9 Å². The minimum atomic E-state index is -0.631. The summed E-state index contributed by atoms with van der Waals surface area (Å²) in [6.45, 7) is 3.65. The van der Waals surface area contributed by atoms with Gasteiger partial charge in [-0.15, -0.1) is 0 Å². The van der Waals surface area contributed by atoms with Crippen molar-refractivity contribution in [2.45, 2.75) is 26.5 Å². The molecule has 3 aromatic rings. The molecule has 1 aliphatic heterocycles. The van der Waals surface area contributed by atoms with E-state index in [1.54, 1.807) is 38.1 Å². The van der Waals surface area contributed by atoms with Gasteiger partial charge in [0.15, 0.2) is 11.7 Å². The van der Waals surface area contributed by atoms with Gasteiger partial charge >= 0.3 is 5.97 Å². The first kappa shape index (κ1) is 32.7. The molecule has 9 nitrogen and oxygen atoms in total. The predicted molar refractivity (Wildman–Crippen MR) is 181 cm³/mol. The van der Waals surface area contributed by atoms with Crippen LogP contribution in [0.2, 0.25) is 5.02 Å². The number of nitrogens with zero attached hydrogens (tertiary/aromatic N) is 1. The lowest BCUT2D eigenvalue weighted by molar-refractivity contribution is -0.139. The SMILES string of the molecule is CCOC(=O)C1=C(C)NC(=S)N[C@H]1c1ccccc1OCC(=O)NN=Cc1cc(Br)cc(I)c1OCc1ccccc1Cl. The number of benzene rings is 3. The van der Waals surface area contributed by atoms with E-state index < -0.39 is 17.9 Å². The number of esters is 1. The van der Waals surface area contributed by atoms with Crippen molar-refractivity contribution in [3.8, 4) is 11.5 Å². The first-order chi connectivity index (χ1) is 20.7. The highest BCUT2D eigenvalue weighted by Gasteiger charge is 2.32. The van der Waals surface area contributed by atoms with Gasteiger partial charge in [0, 0.05) is 31.9 Å². The number of hydrogen-bond acceptors (Lipinski definition) is 7. The summed E-state index contributed by atoms with van der Waals surface area (Å²) in [4.78, 5) is 25.4. The number of halogens is 3. The molecule has 0 aromatic heterocycles. The molecule has 0 aliphatic carbocycles. The Balaban J connectivity index is 1.44. The molecular weight excluding hydrogens is 771 g/mol. The molecule has 1 aliphatic rings. The van der Waals surface area contributed by atoms with Crippen molar-refractivity contribution >= 4 is 85.5 Å². The van der Waals surface area contributed by atoms with E-state index in [1.807, 2.05) is 36.4 Å². The van der Waals surface area contributed by atoms with Crippen LogP contribution in [-0.2, 0) is 20.9 Å². The van der Waals surface area contributed by atoms with Gasteiger partial charge in [0.25, 0.3) is 5.91 Å². The van der Waals surface area contributed by atoms with E-state index in [0.717, 1.165) is 13.6 Å². The number of allylic oxidation sites excluding steroid dienone is 1. The quantitative estimate of drug-likeness (QED) is 0.0696. The molecule has 3 N–H and O–H groups in total. The van der Waals surface area contributed by atoms with E-state index in [9.17, 15) is 9.59 Å². The van der Waals surface area contributed by atoms with Crippen molar-refractivity contribution < 1.29 is 23.8 Å². The van der Waals surface area contributed by atoms with Gasteiger partial charge in [-0.25, -0.2) is 10.2 Å². The number of carbonyl (C=O) groups excluding carboxylic acids is 2. The number of rotatable bonds is 11. The lowest BCUT2D eigenvalue weighted by Gasteiger charge is -2.30. The number of carbonyl (C=O) groups is 2. The van der Waals surface area contributed by atoms with Gasteiger partial charge in [-0.2, -0.15) is 5.10 Å². The van der Waals surface area contributed by atoms with Gasteiger partial charge < -0.3 is 24.8 Å². The van der Waals surface area contributed by atoms with Crippen molar-refractivity contribution in [2.75, 3.05) is 13.2 Å². The number of ether oxygens (including phenoxy) is 3. The van der Waals surface area contributed by atoms with Crippen molar-refractivity contribution in [3.63, 3.8) is 0 Å². The van der Waals surface area contributed by atoms with E-state index in [4.69, 9.17) is 38.0 Å². The Labute approximate surface area is 281 Å². The highest BCUT2D eigenvalue weighted by Crippen LogP contribution is 2.34. The topological polar surface area (TPSA) is 110 Å². The second kappa shape index (κ2) is 15.5. The summed E-state index contributed by atoms with van der Waals surface area (Å²) in [5.74, 6) is 0.0301. The van der Waals surface area contributed by atoms with Crippen LogP contribution in [0.4, 0.5) is 0 Å². The minimum absolute atomic E-state index is 0.222. The smallest absolute Gasteiger partial charge is 0.338 e. The van der Waals surface area contributed by atoms with Gasteiger partial charge in [0.2, 0.25) is 0 Å². The largest absolute Gasteiger partial charge is 0.487 e. The summed E-state index contributed by atoms with van der Waals surface area (Å²) in [6.07, 6.45) is 1.50. The van der Waals surface area contributed by atoms with Crippen LogP contribution in [0.3, 0.4) is 0 Å². The third kappa shape index (κ3) is 8.68. The van der Waals surface area contributed by atoms with Crippen LogP contribution < -0.4 is 25.5 Å². The molecule has 1 atom stereocenters. The Kier molecular flexibility index (Phi) is 11.8. The number of amides is 1. The average molecular weight is 798 g/mol. The second-order valence-corrected chi connectivity index (χ2v) is 12.0. The molecule has 0 unspecified atom stereocenters. The zero-order valence-corrected chi connectivity index (χ0v) is 28.4. The minimum Gasteiger partial charge on any atom is -0.487 e. The Hall–Kier alpha value is -3.20. The summed E-state index contributed by atoms with van der Waals surface area (Å²) in [5.41, 5.74) is 5.55. The van der Waals surface area contributed by atoms with Crippen LogP contribution in [-0.4, -0.2) is 36.4 Å². The van der Waals surface area contributed by atoms with E-state index in [2.05, 4.69) is 59.7 Å². The maximum Gasteiger partial charge on any atom is 0.338 e. The third-order valence-corrected chi connectivity index (χ3v) is 7.96. The molecule has 3 aromatic carbocycles. The van der Waals surface area contributed by atoms with Crippen LogP contribution in [0.15, 0.2) is 81.5 Å². The van der Waals surface area contributed by atoms with E-state index in [-0.39, 0.29) is 19.8 Å². The standard InChI is InChI=1S/C30H27BrClIN4O5S/c1-3-40-29(39)26-17(2)35-30(43)36-27(26)21-9-5-7-11-24(21)41-16-25(38)37-34-14-19-12-20(31)13-23(33)28(19)42-15-18-8-4-6-10-22(18)32/h4-14,27H,3,15-16H2,1-2H3,(H,37,38)(H2,35,36,43)/t27-/m0/s1. The summed E-state index contributed by atoms with van der Waals surface area (Å²) >= 11 is 17.3. The monoisotopic (exact) mass is 796 g/mol. The maximum atomic E-state index is 12.8. The summed E-state index contributed by atoms with van der Waals surface area (Å²) < 4.78 is 18.9. The molecule has 0 spiro atoms. The molecule has 1 heterocycles. The number of hydrogen-bond donors (Lipinski definition) is 3. The van der Waals surface area contributed by atoms with Gasteiger partial charge in [0.1, 0.15) is 18.1 Å². The fourth-order valence-corrected chi connectivity index (χ4v) is 6.37. The molecule has 13 heteroatoms. The molecule has 224 valence electrons. The molecule has 43 heavy (non-hydrogen) atoms. The average Bonchev–Trinajstić information content (AvgIpc) is 2.96. The molecular formula is C30H27BrClIN4O5S. The Morgan fingerprint density at radius 3 is 2.67 bits per heavy atom. The molecule has 4 rings (SSSR count). The van der Waals surface area contributed by atoms with E-state index >= 15 is 0 Å². The molecule has 0 radical (unpaired) electrons. The van der Waals surface area contributed by atoms with Crippen molar-refractivity contribution in [1.29, 1.82) is 0 Å². The van der Waals surface area contributed by atoms with Crippen molar-refractivity contribution in [2.24, 2.45) is 5.10 Å². The first-order valence-corrected chi connectivity index (χ1v) is 15.7. The van der Waals surface area contributed by atoms with E-state index in [0.29, 0.717) is 44.0 Å². The number of nitrogens with one attached hydrogen (secondary N) is 3. The fourth-order valence-electron chi connectivity index (χ4n) is 4.20. The number of para-hydroxylation sites is 1. The number of hydrazone groups is 1. The van der Waals surface area contributed by atoms with E-state index in [1.165, 1.54) is 6.21 Å². The van der Waals surface area contributed by atoms with Gasteiger partial charge in [-0.3, -0.25) is 4.79 Å². The Bertz CT molecular complexity index is 1600. The van der Waals surface area contributed by atoms with Crippen LogP contribution >= 0.6 is 62.3 Å². The third-order valence-electron chi connectivity index (χ3n) is 6.11. The first-order valence-electron chi connectivity index (χ1n) is 13.0. The van der Waals surface area contributed by atoms with Gasteiger partial charge in [0.05, 0.1) is 28.0 Å². The van der Waals surface area contributed by atoms with Crippen LogP contribution in [0.5, 0.6) is 11.5 Å². The molecule has 0 saturated carbocycles. The highest BCUT2D eigenvalue weighted by atomic mass is 127. The van der Waals surface area contributed by atoms with Crippen LogP contribution in [0.1, 0.15) is 36.6 Å². The molecule has 0 fully saturated rings. The van der Waals surface area contributed by atoms with Crippen molar-refractivity contribution in [3.05, 3.63) is 102 Å². The maximum absolute atomic E-state index is 12.8. The number of thiocarbonyl (C=S) groups is 1. The van der Waals surface area contributed by atoms with Crippen LogP contribution in [0.25, 0.3) is 0 Å². The lowest BCUT2D eigenvalue weighted by atomic mass is 9.95. The molecule has 1 amide bonds. The van der Waals surface area contributed by atoms with Gasteiger partial charge in [-0.1, -0.05) is 63.9 Å². The second-order valence-electron chi connectivity index (χ2n) is 9.10. The predicted octanol–water partition coefficient (Wildman–Crippen LogP) is 6.17. The Morgan fingerprint density at radius 1 is 1.16 bits per heavy atom. The normalized spacial score (nSPS) is 14.6. The molecule has 0 bridgehead atoms. The molecule has 0 saturated heterocycles. The Morgan fingerprint density at radius 2 is 1.91 bits per heavy atom. The summed E-state index contributed by atoms with van der Waals surface area (Å²) in [5, 5.41) is 11.2. The van der Waals surface area contributed by atoms with Crippen molar-refractivity contribution in [1.82, 2.24) is 16.1 Å². The van der Waals surface area contributed by atoms with Crippen LogP contribution in [0, 0.1) is 3.57 Å². The lowest BCUT2D eigenvalue weighted by Crippen LogP contribution is -2.45. The summed E-state index contributed by atoms with van der Waals surface area (Å²) in [6, 6.07) is 17.7. The summed E-state index contributed by atoms with van der Waals surface area (Å²) in [7, 11) is 0. The zero-order valence-electron chi connectivity index (χ0n) is 23.1. The zero-order chi connectivity index (χ0) is 30.9. The fraction of sp³-hybridized carbons (Fsp3) is 0.200.